The molecule has 228 valence electrons. The Kier molecular flexibility index (Phi) is 7.36. The number of amides is 1. The van der Waals surface area contributed by atoms with Crippen LogP contribution in [0.3, 0.4) is 0 Å². The van der Waals surface area contributed by atoms with E-state index < -0.39 is 5.82 Å². The number of pyridine rings is 2. The number of hydrogen-bond donors (Lipinski definition) is 1. The van der Waals surface area contributed by atoms with Crippen molar-refractivity contribution in [3.05, 3.63) is 92.5 Å². The summed E-state index contributed by atoms with van der Waals surface area (Å²) in [6, 6.07) is 10.8. The molecule has 44 heavy (non-hydrogen) atoms. The number of hydrogen-bond acceptors (Lipinski definition) is 5. The van der Waals surface area contributed by atoms with Crippen molar-refractivity contribution in [3.8, 4) is 11.1 Å². The zero-order chi connectivity index (χ0) is 30.5. The standard InChI is InChI=1S/C35H39FN6O2/c1-4-26-27(18-25(36)19-31(26)42-15-14-41-30-9-7-6-8-22(30)17-32(41)35(42)44)24-16-29(34(43)39(3)20-24)38-33-11-10-23-21-40(5-2)13-12-28(23)37-33/h10-11,16-20H,4-9,12-15,21H2,1-3H3,(H,37,38). The molecule has 2 aliphatic heterocycles. The number of likely N-dealkylation sites (N-methyl/N-ethyl adjacent to an activating group) is 1. The van der Waals surface area contributed by atoms with Gasteiger partial charge in [0, 0.05) is 62.8 Å². The molecule has 8 nitrogen and oxygen atoms in total. The summed E-state index contributed by atoms with van der Waals surface area (Å²) in [4.78, 5) is 36.1. The molecule has 9 heteroatoms. The van der Waals surface area contributed by atoms with E-state index in [4.69, 9.17) is 4.98 Å². The molecule has 4 aromatic rings. The van der Waals surface area contributed by atoms with Crippen LogP contribution in [0, 0.1) is 5.82 Å². The third kappa shape index (κ3) is 4.93. The molecule has 0 bridgehead atoms. The van der Waals surface area contributed by atoms with Crippen molar-refractivity contribution in [2.75, 3.05) is 29.9 Å². The van der Waals surface area contributed by atoms with Crippen LogP contribution in [-0.4, -0.2) is 44.6 Å². The molecule has 1 amide bonds. The molecule has 7 rings (SSSR count). The van der Waals surface area contributed by atoms with Crippen molar-refractivity contribution in [2.24, 2.45) is 7.05 Å². The van der Waals surface area contributed by atoms with E-state index in [2.05, 4.69) is 27.8 Å². The summed E-state index contributed by atoms with van der Waals surface area (Å²) in [6.07, 6.45) is 7.52. The second kappa shape index (κ2) is 11.4. The highest BCUT2D eigenvalue weighted by Gasteiger charge is 2.32. The van der Waals surface area contributed by atoms with Gasteiger partial charge in [-0.05, 0) is 91.2 Å². The minimum Gasteiger partial charge on any atom is -0.339 e. The lowest BCUT2D eigenvalue weighted by atomic mass is 9.95. The third-order valence-electron chi connectivity index (χ3n) is 9.59. The Morgan fingerprint density at radius 3 is 2.61 bits per heavy atom. The molecule has 0 radical (unpaired) electrons. The van der Waals surface area contributed by atoms with E-state index in [1.807, 2.05) is 19.1 Å². The van der Waals surface area contributed by atoms with E-state index in [0.29, 0.717) is 53.5 Å². The van der Waals surface area contributed by atoms with E-state index in [9.17, 15) is 9.59 Å². The van der Waals surface area contributed by atoms with E-state index in [-0.39, 0.29) is 11.5 Å². The van der Waals surface area contributed by atoms with Crippen LogP contribution >= 0.6 is 0 Å². The van der Waals surface area contributed by atoms with Crippen LogP contribution in [0.5, 0.6) is 0 Å². The third-order valence-corrected chi connectivity index (χ3v) is 9.59. The summed E-state index contributed by atoms with van der Waals surface area (Å²) in [5.41, 5.74) is 8.54. The van der Waals surface area contributed by atoms with Gasteiger partial charge >= 0.3 is 0 Å². The van der Waals surface area contributed by atoms with Crippen LogP contribution in [0.1, 0.15) is 65.3 Å². The largest absolute Gasteiger partial charge is 0.339 e. The zero-order valence-corrected chi connectivity index (χ0v) is 25.8. The summed E-state index contributed by atoms with van der Waals surface area (Å²) < 4.78 is 19.1. The number of fused-ring (bicyclic) bond motifs is 4. The molecular weight excluding hydrogens is 555 g/mol. The van der Waals surface area contributed by atoms with Crippen molar-refractivity contribution in [1.82, 2.24) is 19.0 Å². The predicted molar refractivity (Wildman–Crippen MR) is 171 cm³/mol. The fourth-order valence-electron chi connectivity index (χ4n) is 7.26. The lowest BCUT2D eigenvalue weighted by Gasteiger charge is -2.32. The van der Waals surface area contributed by atoms with Crippen LogP contribution in [0.15, 0.2) is 47.4 Å². The summed E-state index contributed by atoms with van der Waals surface area (Å²) in [5.74, 6) is 0.115. The first kappa shape index (κ1) is 28.5. The summed E-state index contributed by atoms with van der Waals surface area (Å²) in [6.45, 7) is 8.22. The Bertz CT molecular complexity index is 1840. The number of rotatable bonds is 6. The molecule has 0 saturated carbocycles. The first-order chi connectivity index (χ1) is 21.3. The average molecular weight is 595 g/mol. The van der Waals surface area contributed by atoms with Gasteiger partial charge in [-0.2, -0.15) is 0 Å². The second-order valence-corrected chi connectivity index (χ2v) is 12.2. The quantitative estimate of drug-likeness (QED) is 0.314. The molecule has 5 heterocycles. The highest BCUT2D eigenvalue weighted by atomic mass is 19.1. The maximum atomic E-state index is 15.4. The monoisotopic (exact) mass is 594 g/mol. The number of halogens is 1. The van der Waals surface area contributed by atoms with Crippen molar-refractivity contribution in [1.29, 1.82) is 0 Å². The molecule has 0 spiro atoms. The van der Waals surface area contributed by atoms with E-state index in [1.165, 1.54) is 33.5 Å². The van der Waals surface area contributed by atoms with Crippen LogP contribution < -0.4 is 15.8 Å². The minimum atomic E-state index is -0.416. The molecule has 0 saturated heterocycles. The molecule has 3 aromatic heterocycles. The molecule has 1 aromatic carbocycles. The molecule has 1 N–H and O–H groups in total. The van der Waals surface area contributed by atoms with Crippen LogP contribution in [0.2, 0.25) is 0 Å². The fourth-order valence-corrected chi connectivity index (χ4v) is 7.26. The number of carbonyl (C=O) groups is 1. The van der Waals surface area contributed by atoms with Gasteiger partial charge < -0.3 is 19.4 Å². The number of aryl methyl sites for hydroxylation is 2. The molecule has 1 aliphatic carbocycles. The van der Waals surface area contributed by atoms with Gasteiger partial charge in [-0.1, -0.05) is 19.9 Å². The normalized spacial score (nSPS) is 16.5. The van der Waals surface area contributed by atoms with Crippen LogP contribution in [0.4, 0.5) is 21.6 Å². The SMILES string of the molecule is CCc1c(-c2cc(Nc3ccc4c(n3)CCN(CC)C4)c(=O)n(C)c2)cc(F)cc1N1CCn2c(cc3c2CCCC3)C1=O. The van der Waals surface area contributed by atoms with Crippen molar-refractivity contribution in [3.63, 3.8) is 0 Å². The number of anilines is 3. The number of benzene rings is 1. The van der Waals surface area contributed by atoms with Crippen molar-refractivity contribution >= 4 is 23.1 Å². The first-order valence-electron chi connectivity index (χ1n) is 15.9. The maximum Gasteiger partial charge on any atom is 0.274 e. The highest BCUT2D eigenvalue weighted by molar-refractivity contribution is 6.07. The molecule has 0 fully saturated rings. The van der Waals surface area contributed by atoms with Crippen molar-refractivity contribution in [2.45, 2.75) is 65.5 Å². The van der Waals surface area contributed by atoms with Gasteiger partial charge in [0.2, 0.25) is 0 Å². The van der Waals surface area contributed by atoms with Gasteiger partial charge in [-0.25, -0.2) is 9.37 Å². The topological polar surface area (TPSA) is 75.4 Å². The molecule has 0 atom stereocenters. The Hall–Kier alpha value is -4.24. The van der Waals surface area contributed by atoms with Gasteiger partial charge in [-0.3, -0.25) is 14.5 Å². The van der Waals surface area contributed by atoms with E-state index >= 15 is 4.39 Å². The predicted octanol–water partition coefficient (Wildman–Crippen LogP) is 5.61. The number of aromatic nitrogens is 3. The van der Waals surface area contributed by atoms with Crippen molar-refractivity contribution < 1.29 is 9.18 Å². The number of nitrogens with zero attached hydrogens (tertiary/aromatic N) is 5. The average Bonchev–Trinajstić information content (AvgIpc) is 3.42. The molecule has 0 unspecified atom stereocenters. The summed E-state index contributed by atoms with van der Waals surface area (Å²) in [5, 5.41) is 3.25. The Labute approximate surface area is 257 Å². The molecule has 3 aliphatic rings. The zero-order valence-electron chi connectivity index (χ0n) is 25.8. The van der Waals surface area contributed by atoms with Crippen LogP contribution in [-0.2, 0) is 45.8 Å². The van der Waals surface area contributed by atoms with Crippen LogP contribution in [0.25, 0.3) is 11.1 Å². The summed E-state index contributed by atoms with van der Waals surface area (Å²) >= 11 is 0. The maximum absolute atomic E-state index is 15.4. The second-order valence-electron chi connectivity index (χ2n) is 12.2. The Balaban J connectivity index is 1.24. The lowest BCUT2D eigenvalue weighted by molar-refractivity contribution is 0.0964. The highest BCUT2D eigenvalue weighted by Crippen LogP contribution is 2.37. The van der Waals surface area contributed by atoms with Gasteiger partial charge in [0.25, 0.3) is 11.5 Å². The fraction of sp³-hybridized carbons (Fsp3) is 0.400. The number of carbonyl (C=O) groups excluding carboxylic acids is 1. The van der Waals surface area contributed by atoms with Gasteiger partial charge in [0.05, 0.1) is 5.69 Å². The van der Waals surface area contributed by atoms with Gasteiger partial charge in [0.15, 0.2) is 0 Å². The lowest BCUT2D eigenvalue weighted by Crippen LogP contribution is -2.41. The Morgan fingerprint density at radius 2 is 1.80 bits per heavy atom. The molecular formula is C35H39FN6O2. The number of nitrogens with one attached hydrogen (secondary N) is 1. The smallest absolute Gasteiger partial charge is 0.274 e. The van der Waals surface area contributed by atoms with Gasteiger partial charge in [-0.15, -0.1) is 0 Å². The van der Waals surface area contributed by atoms with Gasteiger partial charge in [0.1, 0.15) is 23.0 Å². The Morgan fingerprint density at radius 1 is 0.955 bits per heavy atom. The van der Waals surface area contributed by atoms with E-state index in [1.54, 1.807) is 24.2 Å². The van der Waals surface area contributed by atoms with E-state index in [0.717, 1.165) is 63.0 Å². The first-order valence-corrected chi connectivity index (χ1v) is 15.9. The summed E-state index contributed by atoms with van der Waals surface area (Å²) in [7, 11) is 1.70. The minimum absolute atomic E-state index is 0.0831.